The number of rotatable bonds is 5. The van der Waals surface area contributed by atoms with E-state index in [2.05, 4.69) is 67.5 Å². The summed E-state index contributed by atoms with van der Waals surface area (Å²) in [5, 5.41) is 3.40. The Kier molecular flexibility index (Phi) is 5.60. The molecule has 2 rings (SSSR count). The van der Waals surface area contributed by atoms with Crippen molar-refractivity contribution in [3.05, 3.63) is 57.5 Å². The van der Waals surface area contributed by atoms with Gasteiger partial charge in [0.15, 0.2) is 0 Å². The average molecular weight is 387 g/mol. The van der Waals surface area contributed by atoms with E-state index in [4.69, 9.17) is 0 Å². The summed E-state index contributed by atoms with van der Waals surface area (Å²) in [6, 6.07) is 16.6. The van der Waals surface area contributed by atoms with Crippen LogP contribution in [0.2, 0.25) is 0 Å². The molecule has 0 saturated carbocycles. The standard InChI is InChI=1S/C14H13Br2NS/c15-11-5-7-12(8-6-11)17-9-10-18-14-4-2-1-3-13(14)16/h1-8,17H,9-10H2. The molecule has 2 aromatic carbocycles. The van der Waals surface area contributed by atoms with Gasteiger partial charge >= 0.3 is 0 Å². The maximum absolute atomic E-state index is 3.55. The van der Waals surface area contributed by atoms with Crippen LogP contribution in [0.15, 0.2) is 62.4 Å². The lowest BCUT2D eigenvalue weighted by Crippen LogP contribution is -2.03. The fourth-order valence-corrected chi connectivity index (χ4v) is 3.18. The Morgan fingerprint density at radius 2 is 1.67 bits per heavy atom. The van der Waals surface area contributed by atoms with Gasteiger partial charge in [0.1, 0.15) is 0 Å². The monoisotopic (exact) mass is 385 g/mol. The van der Waals surface area contributed by atoms with Gasteiger partial charge in [0.2, 0.25) is 0 Å². The third-order valence-corrected chi connectivity index (χ3v) is 4.93. The summed E-state index contributed by atoms with van der Waals surface area (Å²) in [5.41, 5.74) is 1.16. The predicted octanol–water partition coefficient (Wildman–Crippen LogP) is 5.42. The van der Waals surface area contributed by atoms with Crippen LogP contribution in [0.3, 0.4) is 0 Å². The van der Waals surface area contributed by atoms with Gasteiger partial charge in [0, 0.05) is 31.8 Å². The largest absolute Gasteiger partial charge is 0.384 e. The topological polar surface area (TPSA) is 12.0 Å². The van der Waals surface area contributed by atoms with E-state index in [1.807, 2.05) is 30.0 Å². The zero-order chi connectivity index (χ0) is 12.8. The van der Waals surface area contributed by atoms with Crippen molar-refractivity contribution < 1.29 is 0 Å². The fraction of sp³-hybridized carbons (Fsp3) is 0.143. The van der Waals surface area contributed by atoms with Crippen molar-refractivity contribution >= 4 is 49.3 Å². The average Bonchev–Trinajstić information content (AvgIpc) is 2.39. The predicted molar refractivity (Wildman–Crippen MR) is 87.5 cm³/mol. The molecule has 0 radical (unpaired) electrons. The molecule has 1 N–H and O–H groups in total. The molecule has 0 aromatic heterocycles. The van der Waals surface area contributed by atoms with Crippen LogP contribution in [0, 0.1) is 0 Å². The molecule has 0 aliphatic heterocycles. The SMILES string of the molecule is Brc1ccc(NCCSc2ccccc2Br)cc1. The molecule has 0 spiro atoms. The van der Waals surface area contributed by atoms with Gasteiger partial charge in [-0.1, -0.05) is 28.1 Å². The van der Waals surface area contributed by atoms with Gasteiger partial charge in [-0.05, 0) is 52.3 Å². The Hall–Kier alpha value is -0.450. The smallest absolute Gasteiger partial charge is 0.0341 e. The van der Waals surface area contributed by atoms with Crippen LogP contribution in [0.1, 0.15) is 0 Å². The summed E-state index contributed by atoms with van der Waals surface area (Å²) in [7, 11) is 0. The number of anilines is 1. The number of thioether (sulfide) groups is 1. The van der Waals surface area contributed by atoms with E-state index in [-0.39, 0.29) is 0 Å². The Morgan fingerprint density at radius 1 is 0.944 bits per heavy atom. The van der Waals surface area contributed by atoms with E-state index in [0.717, 1.165) is 22.5 Å². The van der Waals surface area contributed by atoms with E-state index < -0.39 is 0 Å². The molecule has 0 aliphatic rings. The highest BCUT2D eigenvalue weighted by atomic mass is 79.9. The Morgan fingerprint density at radius 3 is 2.39 bits per heavy atom. The van der Waals surface area contributed by atoms with E-state index >= 15 is 0 Å². The van der Waals surface area contributed by atoms with Crippen molar-refractivity contribution in [3.8, 4) is 0 Å². The lowest BCUT2D eigenvalue weighted by molar-refractivity contribution is 1.22. The lowest BCUT2D eigenvalue weighted by atomic mass is 10.3. The summed E-state index contributed by atoms with van der Waals surface area (Å²) in [4.78, 5) is 1.29. The lowest BCUT2D eigenvalue weighted by Gasteiger charge is -2.07. The van der Waals surface area contributed by atoms with Gasteiger partial charge in [0.25, 0.3) is 0 Å². The van der Waals surface area contributed by atoms with Crippen LogP contribution in [-0.2, 0) is 0 Å². The highest BCUT2D eigenvalue weighted by Gasteiger charge is 1.98. The van der Waals surface area contributed by atoms with Crippen molar-refractivity contribution in [1.82, 2.24) is 0 Å². The number of hydrogen-bond donors (Lipinski definition) is 1. The highest BCUT2D eigenvalue weighted by Crippen LogP contribution is 2.26. The van der Waals surface area contributed by atoms with Crippen molar-refractivity contribution in [2.75, 3.05) is 17.6 Å². The molecule has 0 fully saturated rings. The van der Waals surface area contributed by atoms with Gasteiger partial charge in [-0.25, -0.2) is 0 Å². The van der Waals surface area contributed by atoms with Crippen molar-refractivity contribution in [1.29, 1.82) is 0 Å². The third-order valence-electron chi connectivity index (χ3n) is 2.37. The van der Waals surface area contributed by atoms with Crippen LogP contribution in [0.5, 0.6) is 0 Å². The van der Waals surface area contributed by atoms with Crippen molar-refractivity contribution in [2.45, 2.75) is 4.90 Å². The van der Waals surface area contributed by atoms with Crippen molar-refractivity contribution in [2.24, 2.45) is 0 Å². The Bertz CT molecular complexity index is 499. The fourth-order valence-electron chi connectivity index (χ4n) is 1.49. The molecular formula is C14H13Br2NS. The Balaban J connectivity index is 1.76. The Labute approximate surface area is 129 Å². The summed E-state index contributed by atoms with van der Waals surface area (Å²) >= 11 is 8.83. The van der Waals surface area contributed by atoms with E-state index in [9.17, 15) is 0 Å². The van der Waals surface area contributed by atoms with E-state index in [1.54, 1.807) is 0 Å². The molecule has 0 bridgehead atoms. The first-order valence-electron chi connectivity index (χ1n) is 5.62. The first-order valence-corrected chi connectivity index (χ1v) is 8.19. The molecule has 0 aliphatic carbocycles. The van der Waals surface area contributed by atoms with Gasteiger partial charge in [-0.2, -0.15) is 0 Å². The minimum atomic E-state index is 0.952. The van der Waals surface area contributed by atoms with Gasteiger partial charge < -0.3 is 5.32 Å². The highest BCUT2D eigenvalue weighted by molar-refractivity contribution is 9.10. The summed E-state index contributed by atoms with van der Waals surface area (Å²) in [5.74, 6) is 1.04. The molecule has 0 unspecified atom stereocenters. The van der Waals surface area contributed by atoms with E-state index in [1.165, 1.54) is 9.37 Å². The van der Waals surface area contributed by atoms with Gasteiger partial charge in [0.05, 0.1) is 0 Å². The second-order valence-corrected chi connectivity index (χ2v) is 6.62. The zero-order valence-corrected chi connectivity index (χ0v) is 13.7. The van der Waals surface area contributed by atoms with Crippen LogP contribution < -0.4 is 5.32 Å². The molecule has 0 heterocycles. The quantitative estimate of drug-likeness (QED) is 0.544. The maximum Gasteiger partial charge on any atom is 0.0341 e. The van der Waals surface area contributed by atoms with Crippen LogP contribution >= 0.6 is 43.6 Å². The molecule has 0 atom stereocenters. The molecule has 0 amide bonds. The number of benzene rings is 2. The minimum Gasteiger partial charge on any atom is -0.384 e. The van der Waals surface area contributed by atoms with Crippen LogP contribution in [-0.4, -0.2) is 12.3 Å². The van der Waals surface area contributed by atoms with Crippen LogP contribution in [0.25, 0.3) is 0 Å². The molecular weight excluding hydrogens is 374 g/mol. The first-order chi connectivity index (χ1) is 8.75. The van der Waals surface area contributed by atoms with E-state index in [0.29, 0.717) is 0 Å². The minimum absolute atomic E-state index is 0.952. The van der Waals surface area contributed by atoms with Crippen molar-refractivity contribution in [3.63, 3.8) is 0 Å². The summed E-state index contributed by atoms with van der Waals surface area (Å²) in [6.45, 7) is 0.952. The second-order valence-electron chi connectivity index (χ2n) is 3.71. The first kappa shape index (κ1) is 14.0. The number of hydrogen-bond acceptors (Lipinski definition) is 2. The summed E-state index contributed by atoms with van der Waals surface area (Å²) in [6.07, 6.45) is 0. The van der Waals surface area contributed by atoms with Crippen LogP contribution in [0.4, 0.5) is 5.69 Å². The molecule has 18 heavy (non-hydrogen) atoms. The molecule has 0 saturated heterocycles. The summed E-state index contributed by atoms with van der Waals surface area (Å²) < 4.78 is 2.27. The molecule has 94 valence electrons. The molecule has 2 aromatic rings. The number of halogens is 2. The molecule has 4 heteroatoms. The maximum atomic E-state index is 3.55. The second kappa shape index (κ2) is 7.22. The number of nitrogens with one attached hydrogen (secondary N) is 1. The zero-order valence-electron chi connectivity index (χ0n) is 9.70. The van der Waals surface area contributed by atoms with Gasteiger partial charge in [-0.3, -0.25) is 0 Å². The molecule has 1 nitrogen and oxygen atoms in total. The normalized spacial score (nSPS) is 10.3. The van der Waals surface area contributed by atoms with Gasteiger partial charge in [-0.15, -0.1) is 11.8 Å². The third kappa shape index (κ3) is 4.34.